The highest BCUT2D eigenvalue weighted by Gasteiger charge is 2.24. The highest BCUT2D eigenvalue weighted by Crippen LogP contribution is 2.15. The summed E-state index contributed by atoms with van der Waals surface area (Å²) < 4.78 is 0. The third-order valence-corrected chi connectivity index (χ3v) is 2.25. The Labute approximate surface area is 73.4 Å². The van der Waals surface area contributed by atoms with Crippen molar-refractivity contribution >= 4 is 6.21 Å². The molecule has 0 aromatic rings. The first-order valence-electron chi connectivity index (χ1n) is 4.25. The molecule has 1 aliphatic rings. The molecule has 0 aliphatic carbocycles. The first kappa shape index (κ1) is 9.26. The van der Waals surface area contributed by atoms with E-state index in [0.29, 0.717) is 0 Å². The minimum absolute atomic E-state index is 0.139. The molecular formula is C9H16N2O. The van der Waals surface area contributed by atoms with Crippen molar-refractivity contribution in [3.05, 3.63) is 12.2 Å². The monoisotopic (exact) mass is 168 g/mol. The van der Waals surface area contributed by atoms with Crippen LogP contribution in [0.5, 0.6) is 0 Å². The summed E-state index contributed by atoms with van der Waals surface area (Å²) >= 11 is 0. The van der Waals surface area contributed by atoms with E-state index in [1.807, 2.05) is 13.8 Å². The summed E-state index contributed by atoms with van der Waals surface area (Å²) in [7, 11) is 0. The van der Waals surface area contributed by atoms with Crippen LogP contribution in [-0.2, 0) is 0 Å². The van der Waals surface area contributed by atoms with E-state index in [4.69, 9.17) is 5.21 Å². The zero-order valence-corrected chi connectivity index (χ0v) is 7.70. The minimum atomic E-state index is -0.139. The second-order valence-electron chi connectivity index (χ2n) is 3.60. The van der Waals surface area contributed by atoms with Crippen LogP contribution in [0.1, 0.15) is 20.3 Å². The summed E-state index contributed by atoms with van der Waals surface area (Å²) in [6, 6.07) is 0. The van der Waals surface area contributed by atoms with Crippen molar-refractivity contribution in [3.8, 4) is 0 Å². The van der Waals surface area contributed by atoms with Crippen molar-refractivity contribution in [1.82, 2.24) is 4.90 Å². The molecule has 0 amide bonds. The van der Waals surface area contributed by atoms with Crippen molar-refractivity contribution in [2.75, 3.05) is 13.1 Å². The molecule has 0 fully saturated rings. The van der Waals surface area contributed by atoms with Crippen LogP contribution in [0.25, 0.3) is 0 Å². The van der Waals surface area contributed by atoms with Gasteiger partial charge in [0.25, 0.3) is 0 Å². The summed E-state index contributed by atoms with van der Waals surface area (Å²) in [5.74, 6) is 0. The standard InChI is InChI=1S/C9H16N2O/c1-9(2,8-10-12)11-6-4-3-5-7-11/h3-4,8,12H,5-7H2,1-2H3. The highest BCUT2D eigenvalue weighted by atomic mass is 16.4. The number of rotatable bonds is 2. The van der Waals surface area contributed by atoms with Crippen LogP contribution >= 0.6 is 0 Å². The van der Waals surface area contributed by atoms with Gasteiger partial charge in [-0.25, -0.2) is 0 Å². The van der Waals surface area contributed by atoms with Crippen molar-refractivity contribution < 1.29 is 5.21 Å². The zero-order valence-electron chi connectivity index (χ0n) is 7.70. The van der Waals surface area contributed by atoms with E-state index in [-0.39, 0.29) is 5.54 Å². The maximum absolute atomic E-state index is 8.46. The Hall–Kier alpha value is -0.830. The molecule has 1 heterocycles. The fourth-order valence-electron chi connectivity index (χ4n) is 1.39. The van der Waals surface area contributed by atoms with Crippen LogP contribution in [0.2, 0.25) is 0 Å². The van der Waals surface area contributed by atoms with Gasteiger partial charge in [-0.3, -0.25) is 4.90 Å². The third kappa shape index (κ3) is 2.08. The van der Waals surface area contributed by atoms with Gasteiger partial charge in [0.2, 0.25) is 0 Å². The van der Waals surface area contributed by atoms with Gasteiger partial charge in [0.15, 0.2) is 0 Å². The second kappa shape index (κ2) is 3.72. The Bertz CT molecular complexity index is 197. The normalized spacial score (nSPS) is 20.5. The third-order valence-electron chi connectivity index (χ3n) is 2.25. The summed E-state index contributed by atoms with van der Waals surface area (Å²) in [5, 5.41) is 11.5. The average Bonchev–Trinajstić information content (AvgIpc) is 2.06. The number of nitrogens with zero attached hydrogens (tertiary/aromatic N) is 2. The molecule has 0 spiro atoms. The van der Waals surface area contributed by atoms with Crippen molar-refractivity contribution in [2.24, 2.45) is 5.16 Å². The molecule has 68 valence electrons. The molecule has 0 saturated carbocycles. The highest BCUT2D eigenvalue weighted by molar-refractivity contribution is 5.68. The van der Waals surface area contributed by atoms with Crippen molar-refractivity contribution in [2.45, 2.75) is 25.8 Å². The Balaban J connectivity index is 2.61. The Kier molecular flexibility index (Phi) is 2.87. The summed E-state index contributed by atoms with van der Waals surface area (Å²) in [4.78, 5) is 2.27. The van der Waals surface area contributed by atoms with Crippen LogP contribution in [0.15, 0.2) is 17.3 Å². The lowest BCUT2D eigenvalue weighted by atomic mass is 10.0. The van der Waals surface area contributed by atoms with E-state index in [9.17, 15) is 0 Å². The predicted octanol–water partition coefficient (Wildman–Crippen LogP) is 1.49. The van der Waals surface area contributed by atoms with Crippen LogP contribution in [0.4, 0.5) is 0 Å². The van der Waals surface area contributed by atoms with E-state index in [2.05, 4.69) is 22.2 Å². The van der Waals surface area contributed by atoms with Crippen molar-refractivity contribution in [3.63, 3.8) is 0 Å². The molecule has 12 heavy (non-hydrogen) atoms. The molecule has 0 aromatic carbocycles. The van der Waals surface area contributed by atoms with Gasteiger partial charge in [0.05, 0.1) is 11.8 Å². The quantitative estimate of drug-likeness (QED) is 0.293. The molecule has 1 rings (SSSR count). The second-order valence-corrected chi connectivity index (χ2v) is 3.60. The molecule has 0 bridgehead atoms. The van der Waals surface area contributed by atoms with Crippen LogP contribution in [0, 0.1) is 0 Å². The lowest BCUT2D eigenvalue weighted by Gasteiger charge is -2.35. The number of hydrogen-bond donors (Lipinski definition) is 1. The SMILES string of the molecule is CC(C)(C=NO)N1CC=CCC1. The lowest BCUT2D eigenvalue weighted by Crippen LogP contribution is -2.46. The number of hydrogen-bond acceptors (Lipinski definition) is 3. The summed E-state index contributed by atoms with van der Waals surface area (Å²) in [6.45, 7) is 6.08. The topological polar surface area (TPSA) is 35.8 Å². The van der Waals surface area contributed by atoms with Gasteiger partial charge in [0.1, 0.15) is 0 Å². The average molecular weight is 168 g/mol. The predicted molar refractivity (Wildman–Crippen MR) is 49.7 cm³/mol. The van der Waals surface area contributed by atoms with Gasteiger partial charge in [-0.15, -0.1) is 5.16 Å². The molecule has 3 heteroatoms. The van der Waals surface area contributed by atoms with Crippen LogP contribution < -0.4 is 0 Å². The van der Waals surface area contributed by atoms with Gasteiger partial charge in [-0.1, -0.05) is 12.2 Å². The molecule has 1 aliphatic heterocycles. The van der Waals surface area contributed by atoms with Crippen LogP contribution in [0.3, 0.4) is 0 Å². The minimum Gasteiger partial charge on any atom is -0.411 e. The Morgan fingerprint density at radius 3 is 2.75 bits per heavy atom. The van der Waals surface area contributed by atoms with Gasteiger partial charge in [-0.2, -0.15) is 0 Å². The molecule has 0 saturated heterocycles. The molecule has 3 nitrogen and oxygen atoms in total. The maximum Gasteiger partial charge on any atom is 0.0633 e. The van der Waals surface area contributed by atoms with E-state index in [0.717, 1.165) is 19.5 Å². The van der Waals surface area contributed by atoms with Gasteiger partial charge < -0.3 is 5.21 Å². The van der Waals surface area contributed by atoms with E-state index < -0.39 is 0 Å². The largest absolute Gasteiger partial charge is 0.411 e. The first-order valence-corrected chi connectivity index (χ1v) is 4.25. The molecule has 0 aromatic heterocycles. The smallest absolute Gasteiger partial charge is 0.0633 e. The van der Waals surface area contributed by atoms with Crippen molar-refractivity contribution in [1.29, 1.82) is 0 Å². The zero-order chi connectivity index (χ0) is 9.03. The molecule has 0 unspecified atom stereocenters. The van der Waals surface area contributed by atoms with E-state index in [1.54, 1.807) is 6.21 Å². The Morgan fingerprint density at radius 1 is 1.50 bits per heavy atom. The number of oxime groups is 1. The van der Waals surface area contributed by atoms with Crippen LogP contribution in [-0.4, -0.2) is 35.0 Å². The van der Waals surface area contributed by atoms with Gasteiger partial charge in [-0.05, 0) is 20.3 Å². The Morgan fingerprint density at radius 2 is 2.25 bits per heavy atom. The van der Waals surface area contributed by atoms with E-state index in [1.165, 1.54) is 0 Å². The molecule has 0 atom stereocenters. The molecular weight excluding hydrogens is 152 g/mol. The van der Waals surface area contributed by atoms with E-state index >= 15 is 0 Å². The summed E-state index contributed by atoms with van der Waals surface area (Å²) in [5.41, 5.74) is -0.139. The fourth-order valence-corrected chi connectivity index (χ4v) is 1.39. The molecule has 1 N–H and O–H groups in total. The lowest BCUT2D eigenvalue weighted by molar-refractivity contribution is 0.193. The summed E-state index contributed by atoms with van der Waals surface area (Å²) in [6.07, 6.45) is 6.99. The van der Waals surface area contributed by atoms with Gasteiger partial charge in [0, 0.05) is 13.1 Å². The molecule has 0 radical (unpaired) electrons. The maximum atomic E-state index is 8.46. The fraction of sp³-hybridized carbons (Fsp3) is 0.667. The van der Waals surface area contributed by atoms with Gasteiger partial charge >= 0.3 is 0 Å². The first-order chi connectivity index (χ1) is 5.67.